The number of H-pyrrole nitrogens is 2. The molecule has 0 radical (unpaired) electrons. The summed E-state index contributed by atoms with van der Waals surface area (Å²) in [7, 11) is 0. The predicted octanol–water partition coefficient (Wildman–Crippen LogP) is 3.46. The summed E-state index contributed by atoms with van der Waals surface area (Å²) in [6.07, 6.45) is 11.2. The van der Waals surface area contributed by atoms with Gasteiger partial charge in [0.2, 0.25) is 0 Å². The van der Waals surface area contributed by atoms with Gasteiger partial charge in [0, 0.05) is 18.9 Å². The van der Waals surface area contributed by atoms with Crippen LogP contribution in [0.2, 0.25) is 0 Å². The Hall–Kier alpha value is -2.18. The predicted molar refractivity (Wildman–Crippen MR) is 103 cm³/mol. The van der Waals surface area contributed by atoms with E-state index in [-0.39, 0.29) is 6.04 Å². The molecule has 0 aliphatic carbocycles. The third-order valence-corrected chi connectivity index (χ3v) is 4.89. The molecule has 0 fully saturated rings. The third kappa shape index (κ3) is 5.41. The topological polar surface area (TPSA) is 101 Å². The van der Waals surface area contributed by atoms with Gasteiger partial charge in [-0.15, -0.1) is 0 Å². The molecule has 2 N–H and O–H groups in total. The smallest absolute Gasteiger partial charge is 0.322 e. The second-order valence-electron chi connectivity index (χ2n) is 6.90. The average Bonchev–Trinajstić information content (AvgIpc) is 3.04. The summed E-state index contributed by atoms with van der Waals surface area (Å²) in [6.45, 7) is 4.07. The zero-order valence-corrected chi connectivity index (χ0v) is 15.8. The van der Waals surface area contributed by atoms with Gasteiger partial charge in [0.05, 0.1) is 6.33 Å². The molecule has 2 rings (SSSR count). The standard InChI is InChI=1S/C19H30N4O3/c1-3-5-6-7-10-14(11-8-9-12-15(24)4-2)23-13-20-17-16(23)18(25)22-19(26)21-17/h13-14H,3-12H2,1-2H3,(H2,21,22,25,26). The number of aromatic amines is 2. The lowest BCUT2D eigenvalue weighted by atomic mass is 10.00. The molecular weight excluding hydrogens is 332 g/mol. The Labute approximate surface area is 153 Å². The van der Waals surface area contributed by atoms with Gasteiger partial charge in [-0.2, -0.15) is 0 Å². The molecule has 0 bridgehead atoms. The van der Waals surface area contributed by atoms with Gasteiger partial charge < -0.3 is 4.57 Å². The summed E-state index contributed by atoms with van der Waals surface area (Å²) in [6, 6.07) is 0.153. The first-order valence-electron chi connectivity index (χ1n) is 9.77. The van der Waals surface area contributed by atoms with Crippen LogP contribution in [0.5, 0.6) is 0 Å². The second kappa shape index (κ2) is 10.1. The maximum Gasteiger partial charge on any atom is 0.327 e. The van der Waals surface area contributed by atoms with Crippen molar-refractivity contribution in [3.05, 3.63) is 27.2 Å². The average molecular weight is 362 g/mol. The summed E-state index contributed by atoms with van der Waals surface area (Å²) in [5, 5.41) is 0. The second-order valence-corrected chi connectivity index (χ2v) is 6.90. The van der Waals surface area contributed by atoms with Crippen molar-refractivity contribution in [3.8, 4) is 0 Å². The summed E-state index contributed by atoms with van der Waals surface area (Å²) in [5.74, 6) is 0.298. The van der Waals surface area contributed by atoms with E-state index >= 15 is 0 Å². The normalized spacial score (nSPS) is 12.5. The molecule has 7 heteroatoms. The van der Waals surface area contributed by atoms with Crippen LogP contribution in [0.1, 0.15) is 84.1 Å². The van der Waals surface area contributed by atoms with Crippen LogP contribution in [0.4, 0.5) is 0 Å². The van der Waals surface area contributed by atoms with E-state index < -0.39 is 11.2 Å². The van der Waals surface area contributed by atoms with Gasteiger partial charge in [-0.3, -0.25) is 19.6 Å². The number of rotatable bonds is 12. The van der Waals surface area contributed by atoms with Crippen LogP contribution in [0.3, 0.4) is 0 Å². The molecule has 1 unspecified atom stereocenters. The van der Waals surface area contributed by atoms with E-state index in [0.29, 0.717) is 29.8 Å². The molecule has 144 valence electrons. The fraction of sp³-hybridized carbons (Fsp3) is 0.684. The maximum absolute atomic E-state index is 12.2. The van der Waals surface area contributed by atoms with Gasteiger partial charge in [0.1, 0.15) is 5.78 Å². The first-order chi connectivity index (χ1) is 12.6. The third-order valence-electron chi connectivity index (χ3n) is 4.89. The highest BCUT2D eigenvalue weighted by Crippen LogP contribution is 2.25. The quantitative estimate of drug-likeness (QED) is 0.565. The minimum absolute atomic E-state index is 0.153. The Morgan fingerprint density at radius 1 is 1.08 bits per heavy atom. The van der Waals surface area contributed by atoms with Gasteiger partial charge in [-0.05, 0) is 19.3 Å². The number of carbonyl (C=O) groups excluding carboxylic acids is 1. The number of fused-ring (bicyclic) bond motifs is 1. The van der Waals surface area contributed by atoms with Crippen LogP contribution < -0.4 is 11.2 Å². The monoisotopic (exact) mass is 362 g/mol. The lowest BCUT2D eigenvalue weighted by molar-refractivity contribution is -0.118. The molecule has 0 aliphatic heterocycles. The number of hydrogen-bond acceptors (Lipinski definition) is 4. The van der Waals surface area contributed by atoms with Crippen LogP contribution in [-0.2, 0) is 4.79 Å². The van der Waals surface area contributed by atoms with Gasteiger partial charge in [-0.25, -0.2) is 9.78 Å². The van der Waals surface area contributed by atoms with Crippen molar-refractivity contribution < 1.29 is 4.79 Å². The molecule has 7 nitrogen and oxygen atoms in total. The Morgan fingerprint density at radius 2 is 1.81 bits per heavy atom. The molecular formula is C19H30N4O3. The molecule has 2 aromatic rings. The molecule has 0 spiro atoms. The van der Waals surface area contributed by atoms with Crippen LogP contribution in [0, 0.1) is 0 Å². The van der Waals surface area contributed by atoms with E-state index in [4.69, 9.17) is 0 Å². The maximum atomic E-state index is 12.2. The van der Waals surface area contributed by atoms with E-state index in [2.05, 4.69) is 21.9 Å². The number of ketones is 1. The van der Waals surface area contributed by atoms with E-state index in [9.17, 15) is 14.4 Å². The minimum atomic E-state index is -0.537. The lowest BCUT2D eigenvalue weighted by Crippen LogP contribution is -2.24. The van der Waals surface area contributed by atoms with Gasteiger partial charge >= 0.3 is 5.69 Å². The molecule has 0 aliphatic rings. The lowest BCUT2D eigenvalue weighted by Gasteiger charge is -2.19. The molecule has 2 heterocycles. The Kier molecular flexibility index (Phi) is 7.81. The number of nitrogens with zero attached hydrogens (tertiary/aromatic N) is 2. The van der Waals surface area contributed by atoms with Crippen molar-refractivity contribution in [2.45, 2.75) is 84.1 Å². The van der Waals surface area contributed by atoms with E-state index in [1.165, 1.54) is 19.3 Å². The molecule has 2 aromatic heterocycles. The largest absolute Gasteiger partial charge is 0.327 e. The summed E-state index contributed by atoms with van der Waals surface area (Å²) in [5.41, 5.74) is -0.181. The van der Waals surface area contributed by atoms with Crippen molar-refractivity contribution in [3.63, 3.8) is 0 Å². The summed E-state index contributed by atoms with van der Waals surface area (Å²) in [4.78, 5) is 44.2. The van der Waals surface area contributed by atoms with E-state index in [1.54, 1.807) is 6.33 Å². The molecule has 26 heavy (non-hydrogen) atoms. The van der Waals surface area contributed by atoms with Crippen molar-refractivity contribution in [2.24, 2.45) is 0 Å². The van der Waals surface area contributed by atoms with Gasteiger partial charge in [0.25, 0.3) is 5.56 Å². The number of nitrogens with one attached hydrogen (secondary N) is 2. The Balaban J connectivity index is 2.13. The van der Waals surface area contributed by atoms with Crippen molar-refractivity contribution >= 4 is 16.9 Å². The van der Waals surface area contributed by atoms with Crippen molar-refractivity contribution in [1.29, 1.82) is 0 Å². The first kappa shape index (κ1) is 20.1. The number of Topliss-reactive ketones (excluding diaryl/α,β-unsaturated/α-hetero) is 1. The molecule has 0 amide bonds. The van der Waals surface area contributed by atoms with Gasteiger partial charge in [-0.1, -0.05) is 46.0 Å². The number of hydrogen-bond donors (Lipinski definition) is 2. The van der Waals surface area contributed by atoms with Crippen molar-refractivity contribution in [1.82, 2.24) is 19.5 Å². The first-order valence-corrected chi connectivity index (χ1v) is 9.77. The van der Waals surface area contributed by atoms with Crippen LogP contribution in [0.15, 0.2) is 15.9 Å². The molecule has 0 saturated heterocycles. The summed E-state index contributed by atoms with van der Waals surface area (Å²) < 4.78 is 1.90. The zero-order valence-electron chi connectivity index (χ0n) is 15.8. The number of carbonyl (C=O) groups is 1. The minimum Gasteiger partial charge on any atom is -0.322 e. The fourth-order valence-electron chi connectivity index (χ4n) is 3.36. The number of imidazole rings is 1. The van der Waals surface area contributed by atoms with E-state index in [1.807, 2.05) is 11.5 Å². The van der Waals surface area contributed by atoms with Crippen molar-refractivity contribution in [2.75, 3.05) is 0 Å². The zero-order chi connectivity index (χ0) is 18.9. The number of unbranched alkanes of at least 4 members (excludes halogenated alkanes) is 4. The Bertz CT molecular complexity index is 818. The summed E-state index contributed by atoms with van der Waals surface area (Å²) >= 11 is 0. The fourth-order valence-corrected chi connectivity index (χ4v) is 3.36. The molecule has 0 aromatic carbocycles. The molecule has 0 saturated carbocycles. The highest BCUT2D eigenvalue weighted by atomic mass is 16.2. The SMILES string of the molecule is CCCCCCC(CCCCC(=O)CC)n1cnc2[nH]c(=O)[nH]c(=O)c21. The number of aromatic nitrogens is 4. The highest BCUT2D eigenvalue weighted by Gasteiger charge is 2.17. The highest BCUT2D eigenvalue weighted by molar-refractivity contribution is 5.77. The van der Waals surface area contributed by atoms with Crippen LogP contribution in [0.25, 0.3) is 11.2 Å². The Morgan fingerprint density at radius 3 is 2.50 bits per heavy atom. The van der Waals surface area contributed by atoms with Crippen LogP contribution in [-0.4, -0.2) is 25.3 Å². The van der Waals surface area contributed by atoms with Gasteiger partial charge in [0.15, 0.2) is 11.2 Å². The van der Waals surface area contributed by atoms with E-state index in [0.717, 1.165) is 32.1 Å². The molecule has 1 atom stereocenters. The van der Waals surface area contributed by atoms with Crippen LogP contribution >= 0.6 is 0 Å².